The van der Waals surface area contributed by atoms with E-state index in [2.05, 4.69) is 25.9 Å². The van der Waals surface area contributed by atoms with E-state index < -0.39 is 0 Å². The van der Waals surface area contributed by atoms with Gasteiger partial charge in [-0.3, -0.25) is 9.78 Å². The molecule has 0 saturated carbocycles. The minimum Gasteiger partial charge on any atom is -0.493 e. The number of anilines is 1. The molecule has 0 unspecified atom stereocenters. The average molecular weight is 310 g/mol. The molecule has 1 aromatic heterocycles. The van der Waals surface area contributed by atoms with Gasteiger partial charge in [0, 0.05) is 18.6 Å². The largest absolute Gasteiger partial charge is 0.493 e. The van der Waals surface area contributed by atoms with Gasteiger partial charge in [-0.1, -0.05) is 28.1 Å². The van der Waals surface area contributed by atoms with Gasteiger partial charge in [0.1, 0.15) is 5.56 Å². The van der Waals surface area contributed by atoms with Crippen LogP contribution in [0.4, 0.5) is 5.95 Å². The van der Waals surface area contributed by atoms with Crippen LogP contribution in [0.2, 0.25) is 0 Å². The van der Waals surface area contributed by atoms with Crippen LogP contribution in [-0.4, -0.2) is 29.2 Å². The summed E-state index contributed by atoms with van der Waals surface area (Å²) < 4.78 is 0.829. The highest BCUT2D eigenvalue weighted by molar-refractivity contribution is 9.10. The van der Waals surface area contributed by atoms with Crippen molar-refractivity contribution in [1.82, 2.24) is 9.97 Å². The molecule has 5 nitrogen and oxygen atoms in total. The lowest BCUT2D eigenvalue weighted by atomic mass is 10.1. The molecule has 6 heteroatoms. The van der Waals surface area contributed by atoms with Crippen LogP contribution >= 0.6 is 15.9 Å². The lowest BCUT2D eigenvalue weighted by molar-refractivity contribution is 0.453. The molecule has 0 aliphatic rings. The lowest BCUT2D eigenvalue weighted by Gasteiger charge is -2.12. The molecule has 0 amide bonds. The molecule has 0 fully saturated rings. The van der Waals surface area contributed by atoms with Crippen molar-refractivity contribution in [3.63, 3.8) is 0 Å². The van der Waals surface area contributed by atoms with Crippen molar-refractivity contribution in [2.24, 2.45) is 0 Å². The Kier molecular flexibility index (Phi) is 3.38. The van der Waals surface area contributed by atoms with Gasteiger partial charge in [0.2, 0.25) is 11.8 Å². The van der Waals surface area contributed by atoms with Gasteiger partial charge in [-0.15, -0.1) is 0 Å². The van der Waals surface area contributed by atoms with Crippen molar-refractivity contribution in [3.05, 3.63) is 39.1 Å². The van der Waals surface area contributed by atoms with E-state index in [1.807, 2.05) is 6.07 Å². The fourth-order valence-electron chi connectivity index (χ4n) is 1.57. The van der Waals surface area contributed by atoms with E-state index in [1.54, 1.807) is 37.2 Å². The average Bonchev–Trinajstić information content (AvgIpc) is 2.27. The Morgan fingerprint density at radius 1 is 1.39 bits per heavy atom. The first-order chi connectivity index (χ1) is 8.49. The van der Waals surface area contributed by atoms with Crippen molar-refractivity contribution in [3.8, 4) is 17.0 Å². The Balaban J connectivity index is 2.63. The fraction of sp³-hybridized carbons (Fsp3) is 0.167. The monoisotopic (exact) mass is 309 g/mol. The van der Waals surface area contributed by atoms with Gasteiger partial charge in [0.25, 0.3) is 5.56 Å². The highest BCUT2D eigenvalue weighted by Crippen LogP contribution is 2.26. The minimum absolute atomic E-state index is 0.168. The number of rotatable bonds is 2. The number of hydrogen-bond donors (Lipinski definition) is 2. The van der Waals surface area contributed by atoms with Crippen molar-refractivity contribution in [2.75, 3.05) is 19.0 Å². The van der Waals surface area contributed by atoms with Crippen LogP contribution < -0.4 is 10.5 Å². The second-order valence-corrected chi connectivity index (χ2v) is 4.91. The van der Waals surface area contributed by atoms with Gasteiger partial charge >= 0.3 is 0 Å². The number of aromatic nitrogens is 2. The van der Waals surface area contributed by atoms with Gasteiger partial charge in [-0.05, 0) is 17.7 Å². The van der Waals surface area contributed by atoms with E-state index >= 15 is 0 Å². The summed E-state index contributed by atoms with van der Waals surface area (Å²) in [4.78, 5) is 20.2. The number of hydrogen-bond acceptors (Lipinski definition) is 4. The molecule has 18 heavy (non-hydrogen) atoms. The van der Waals surface area contributed by atoms with Gasteiger partial charge < -0.3 is 10.0 Å². The van der Waals surface area contributed by atoms with Crippen LogP contribution in [0.15, 0.2) is 33.5 Å². The van der Waals surface area contributed by atoms with E-state index in [9.17, 15) is 9.90 Å². The Labute approximate surface area is 112 Å². The molecule has 2 aromatic rings. The third-order valence-corrected chi connectivity index (χ3v) is 2.92. The normalized spacial score (nSPS) is 10.4. The van der Waals surface area contributed by atoms with E-state index in [-0.39, 0.29) is 17.0 Å². The van der Waals surface area contributed by atoms with Crippen molar-refractivity contribution in [1.29, 1.82) is 0 Å². The summed E-state index contributed by atoms with van der Waals surface area (Å²) in [5.41, 5.74) is 0.409. The maximum Gasteiger partial charge on any atom is 0.264 e. The maximum absolute atomic E-state index is 12.0. The Morgan fingerprint density at radius 2 is 2.11 bits per heavy atom. The molecule has 2 N–H and O–H groups in total. The van der Waals surface area contributed by atoms with E-state index in [0.717, 1.165) is 4.47 Å². The van der Waals surface area contributed by atoms with Crippen LogP contribution in [0.5, 0.6) is 5.88 Å². The summed E-state index contributed by atoms with van der Waals surface area (Å²) in [7, 11) is 3.47. The zero-order valence-corrected chi connectivity index (χ0v) is 11.5. The van der Waals surface area contributed by atoms with Crippen LogP contribution in [-0.2, 0) is 0 Å². The lowest BCUT2D eigenvalue weighted by Crippen LogP contribution is -2.19. The predicted octanol–water partition coefficient (Wildman–Crippen LogP) is 1.97. The Bertz CT molecular complexity index is 637. The summed E-state index contributed by atoms with van der Waals surface area (Å²) in [6.07, 6.45) is 0. The topological polar surface area (TPSA) is 69.2 Å². The highest BCUT2D eigenvalue weighted by atomic mass is 79.9. The SMILES string of the molecule is CN(C)c1nc(O)c(-c2cccc(Br)c2)c(=O)[nH]1. The molecule has 0 spiro atoms. The number of nitrogens with zero attached hydrogens (tertiary/aromatic N) is 2. The van der Waals surface area contributed by atoms with E-state index in [0.29, 0.717) is 11.5 Å². The van der Waals surface area contributed by atoms with E-state index in [1.165, 1.54) is 0 Å². The van der Waals surface area contributed by atoms with Gasteiger partial charge in [0.15, 0.2) is 0 Å². The molecule has 2 rings (SSSR count). The number of aromatic amines is 1. The highest BCUT2D eigenvalue weighted by Gasteiger charge is 2.13. The van der Waals surface area contributed by atoms with Crippen molar-refractivity contribution >= 4 is 21.9 Å². The number of halogens is 1. The first-order valence-corrected chi connectivity index (χ1v) is 6.05. The number of nitrogens with one attached hydrogen (secondary N) is 1. The molecule has 1 aromatic carbocycles. The first-order valence-electron chi connectivity index (χ1n) is 5.25. The standard InChI is InChI=1S/C12H12BrN3O2/c1-16(2)12-14-10(17)9(11(18)15-12)7-4-3-5-8(13)6-7/h3-6H,1-2H3,(H2,14,15,17,18). The van der Waals surface area contributed by atoms with Crippen molar-refractivity contribution in [2.45, 2.75) is 0 Å². The first kappa shape index (κ1) is 12.6. The molecule has 0 aliphatic heterocycles. The summed E-state index contributed by atoms with van der Waals surface area (Å²) in [5, 5.41) is 9.89. The Morgan fingerprint density at radius 3 is 2.67 bits per heavy atom. The molecule has 0 radical (unpaired) electrons. The van der Waals surface area contributed by atoms with Crippen LogP contribution in [0.1, 0.15) is 0 Å². The molecule has 0 bridgehead atoms. The molecule has 1 heterocycles. The van der Waals surface area contributed by atoms with Gasteiger partial charge in [-0.2, -0.15) is 4.98 Å². The third-order valence-electron chi connectivity index (χ3n) is 2.42. The third kappa shape index (κ3) is 2.38. The smallest absolute Gasteiger partial charge is 0.264 e. The zero-order valence-electron chi connectivity index (χ0n) is 9.94. The predicted molar refractivity (Wildman–Crippen MR) is 74.0 cm³/mol. The van der Waals surface area contributed by atoms with Crippen LogP contribution in [0.3, 0.4) is 0 Å². The maximum atomic E-state index is 12.0. The second-order valence-electron chi connectivity index (χ2n) is 3.99. The molecular weight excluding hydrogens is 298 g/mol. The number of benzene rings is 1. The summed E-state index contributed by atoms with van der Waals surface area (Å²) in [6.45, 7) is 0. The minimum atomic E-state index is -0.371. The number of aromatic hydroxyl groups is 1. The van der Waals surface area contributed by atoms with Crippen LogP contribution in [0, 0.1) is 0 Å². The van der Waals surface area contributed by atoms with Gasteiger partial charge in [-0.25, -0.2) is 0 Å². The van der Waals surface area contributed by atoms with Crippen molar-refractivity contribution < 1.29 is 5.11 Å². The van der Waals surface area contributed by atoms with Crippen LogP contribution in [0.25, 0.3) is 11.1 Å². The summed E-state index contributed by atoms with van der Waals surface area (Å²) in [6, 6.07) is 7.13. The summed E-state index contributed by atoms with van der Waals surface area (Å²) >= 11 is 3.32. The Hall–Kier alpha value is -1.82. The van der Waals surface area contributed by atoms with Gasteiger partial charge in [0.05, 0.1) is 0 Å². The molecule has 0 saturated heterocycles. The zero-order chi connectivity index (χ0) is 13.3. The molecule has 0 aliphatic carbocycles. The summed E-state index contributed by atoms with van der Waals surface area (Å²) in [5.74, 6) is 0.0387. The number of H-pyrrole nitrogens is 1. The quantitative estimate of drug-likeness (QED) is 0.890. The molecular formula is C12H12BrN3O2. The van der Waals surface area contributed by atoms with E-state index in [4.69, 9.17) is 0 Å². The molecule has 0 atom stereocenters. The fourth-order valence-corrected chi connectivity index (χ4v) is 1.96. The second kappa shape index (κ2) is 4.81. The molecule has 94 valence electrons.